The molecular formula is C17H22F2N4O2. The second-order valence-corrected chi connectivity index (χ2v) is 7.23. The molecule has 1 saturated heterocycles. The highest BCUT2D eigenvalue weighted by atomic mass is 19.1. The van der Waals surface area contributed by atoms with E-state index in [0.29, 0.717) is 23.5 Å². The Morgan fingerprint density at radius 1 is 1.44 bits per heavy atom. The van der Waals surface area contributed by atoms with Gasteiger partial charge in [0, 0.05) is 13.1 Å². The number of anilines is 1. The van der Waals surface area contributed by atoms with Gasteiger partial charge in [-0.25, -0.2) is 18.6 Å². The third kappa shape index (κ3) is 4.18. The molecule has 1 aromatic heterocycles. The molecule has 1 aliphatic heterocycles. The first-order valence-electron chi connectivity index (χ1n) is 8.25. The van der Waals surface area contributed by atoms with Crippen molar-refractivity contribution in [3.05, 3.63) is 24.0 Å². The maximum absolute atomic E-state index is 14.2. The number of aromatic amines is 1. The number of amides is 1. The lowest BCUT2D eigenvalue weighted by atomic mass is 10.0. The smallest absolute Gasteiger partial charge is 0.408 e. The summed E-state index contributed by atoms with van der Waals surface area (Å²) in [6, 6.07) is 3.59. The van der Waals surface area contributed by atoms with Gasteiger partial charge in [-0.05, 0) is 45.4 Å². The molecule has 0 spiro atoms. The zero-order valence-corrected chi connectivity index (χ0v) is 14.5. The van der Waals surface area contributed by atoms with Crippen molar-refractivity contribution in [2.45, 2.75) is 45.0 Å². The minimum Gasteiger partial charge on any atom is -0.444 e. The van der Waals surface area contributed by atoms with Crippen LogP contribution in [0.4, 0.5) is 19.5 Å². The molecule has 0 aliphatic carbocycles. The predicted octanol–water partition coefficient (Wildman–Crippen LogP) is 3.14. The molecule has 1 fully saturated rings. The Morgan fingerprint density at radius 3 is 2.92 bits per heavy atom. The summed E-state index contributed by atoms with van der Waals surface area (Å²) in [5.74, 6) is 0.179. The Kier molecular flexibility index (Phi) is 4.53. The highest BCUT2D eigenvalue weighted by Gasteiger charge is 2.32. The van der Waals surface area contributed by atoms with Crippen molar-refractivity contribution in [2.24, 2.45) is 0 Å². The highest BCUT2D eigenvalue weighted by molar-refractivity contribution is 5.77. The molecule has 136 valence electrons. The van der Waals surface area contributed by atoms with Gasteiger partial charge >= 0.3 is 6.09 Å². The van der Waals surface area contributed by atoms with Crippen LogP contribution in [0, 0.1) is 5.82 Å². The van der Waals surface area contributed by atoms with E-state index in [1.54, 1.807) is 26.8 Å². The maximum atomic E-state index is 14.2. The minimum atomic E-state index is -1.16. The number of imidazole rings is 1. The van der Waals surface area contributed by atoms with Crippen molar-refractivity contribution >= 4 is 23.1 Å². The number of H-pyrrole nitrogens is 1. The standard InChI is InChI=1S/C17H22F2N4O2/c1-17(2,3)25-16(24)22-14-9-23(7-6-11(14)19)15-20-12-5-4-10(18)8-13(12)21-15/h4-5,8,11,14H,6-7,9H2,1-3H3,(H,20,21)(H,22,24)/t11-,14-/m1/s1. The van der Waals surface area contributed by atoms with Gasteiger partial charge in [-0.1, -0.05) is 0 Å². The van der Waals surface area contributed by atoms with Crippen molar-refractivity contribution in [1.82, 2.24) is 15.3 Å². The number of alkyl halides is 1. The largest absolute Gasteiger partial charge is 0.444 e. The minimum absolute atomic E-state index is 0.253. The second-order valence-electron chi connectivity index (χ2n) is 7.23. The fraction of sp³-hybridized carbons (Fsp3) is 0.529. The molecule has 1 amide bonds. The van der Waals surface area contributed by atoms with Crippen LogP contribution in [0.3, 0.4) is 0 Å². The number of halogens is 2. The van der Waals surface area contributed by atoms with Gasteiger partial charge in [-0.2, -0.15) is 0 Å². The molecule has 2 atom stereocenters. The number of carbonyl (C=O) groups excluding carboxylic acids is 1. The van der Waals surface area contributed by atoms with Crippen molar-refractivity contribution in [3.63, 3.8) is 0 Å². The van der Waals surface area contributed by atoms with Gasteiger partial charge in [0.05, 0.1) is 17.1 Å². The number of nitrogens with one attached hydrogen (secondary N) is 2. The van der Waals surface area contributed by atoms with Gasteiger partial charge in [-0.3, -0.25) is 0 Å². The summed E-state index contributed by atoms with van der Waals surface area (Å²) in [5.41, 5.74) is 0.567. The van der Waals surface area contributed by atoms with E-state index in [4.69, 9.17) is 4.74 Å². The Balaban J connectivity index is 1.71. The third-order valence-corrected chi connectivity index (χ3v) is 3.96. The quantitative estimate of drug-likeness (QED) is 0.871. The molecule has 6 nitrogen and oxygen atoms in total. The predicted molar refractivity (Wildman–Crippen MR) is 90.9 cm³/mol. The van der Waals surface area contributed by atoms with Crippen molar-refractivity contribution < 1.29 is 18.3 Å². The monoisotopic (exact) mass is 352 g/mol. The number of piperidine rings is 1. The molecular weight excluding hydrogens is 330 g/mol. The number of carbonyl (C=O) groups is 1. The molecule has 2 aromatic rings. The number of ether oxygens (including phenoxy) is 1. The van der Waals surface area contributed by atoms with Crippen LogP contribution >= 0.6 is 0 Å². The number of nitrogens with zero attached hydrogens (tertiary/aromatic N) is 2. The van der Waals surface area contributed by atoms with Crippen LogP contribution in [0.5, 0.6) is 0 Å². The van der Waals surface area contributed by atoms with Gasteiger partial charge in [0.15, 0.2) is 0 Å². The molecule has 0 saturated carbocycles. The summed E-state index contributed by atoms with van der Waals surface area (Å²) in [6.45, 7) is 5.96. The van der Waals surface area contributed by atoms with Crippen molar-refractivity contribution in [1.29, 1.82) is 0 Å². The van der Waals surface area contributed by atoms with Gasteiger partial charge < -0.3 is 19.9 Å². The summed E-state index contributed by atoms with van der Waals surface area (Å²) < 4.78 is 32.7. The average molecular weight is 352 g/mol. The fourth-order valence-corrected chi connectivity index (χ4v) is 2.83. The lowest BCUT2D eigenvalue weighted by molar-refractivity contribution is 0.0465. The lowest BCUT2D eigenvalue weighted by Crippen LogP contribution is -2.54. The summed E-state index contributed by atoms with van der Waals surface area (Å²) in [6.07, 6.45) is -1.55. The number of hydrogen-bond acceptors (Lipinski definition) is 4. The van der Waals surface area contributed by atoms with E-state index in [-0.39, 0.29) is 18.8 Å². The Labute approximate surface area is 144 Å². The first kappa shape index (κ1) is 17.4. The number of fused-ring (bicyclic) bond motifs is 1. The Bertz CT molecular complexity index is 772. The third-order valence-electron chi connectivity index (χ3n) is 3.96. The van der Waals surface area contributed by atoms with Crippen molar-refractivity contribution in [3.8, 4) is 0 Å². The number of rotatable bonds is 2. The number of benzene rings is 1. The Morgan fingerprint density at radius 2 is 2.20 bits per heavy atom. The number of alkyl carbamates (subject to hydrolysis) is 1. The first-order valence-corrected chi connectivity index (χ1v) is 8.25. The van der Waals surface area contributed by atoms with E-state index in [1.165, 1.54) is 12.1 Å². The van der Waals surface area contributed by atoms with Crippen LogP contribution < -0.4 is 10.2 Å². The second kappa shape index (κ2) is 6.50. The van der Waals surface area contributed by atoms with Crippen LogP contribution in [-0.2, 0) is 4.74 Å². The first-order chi connectivity index (χ1) is 11.7. The van der Waals surface area contributed by atoms with E-state index < -0.39 is 23.9 Å². The summed E-state index contributed by atoms with van der Waals surface area (Å²) in [4.78, 5) is 21.2. The van der Waals surface area contributed by atoms with Crippen LogP contribution in [0.1, 0.15) is 27.2 Å². The highest BCUT2D eigenvalue weighted by Crippen LogP contribution is 2.23. The van der Waals surface area contributed by atoms with Crippen LogP contribution in [-0.4, -0.2) is 47.0 Å². The summed E-state index contributed by atoms with van der Waals surface area (Å²) >= 11 is 0. The molecule has 2 heterocycles. The van der Waals surface area contributed by atoms with E-state index in [2.05, 4.69) is 15.3 Å². The van der Waals surface area contributed by atoms with E-state index in [1.807, 2.05) is 4.90 Å². The van der Waals surface area contributed by atoms with Gasteiger partial charge in [0.2, 0.25) is 5.95 Å². The zero-order valence-electron chi connectivity index (χ0n) is 14.5. The van der Waals surface area contributed by atoms with E-state index in [0.717, 1.165) is 0 Å². The van der Waals surface area contributed by atoms with Crippen LogP contribution in [0.25, 0.3) is 11.0 Å². The van der Waals surface area contributed by atoms with Gasteiger partial charge in [-0.15, -0.1) is 0 Å². The van der Waals surface area contributed by atoms with Gasteiger partial charge in [0.1, 0.15) is 17.6 Å². The molecule has 1 aliphatic rings. The Hall–Kier alpha value is -2.38. The fourth-order valence-electron chi connectivity index (χ4n) is 2.83. The molecule has 3 rings (SSSR count). The molecule has 25 heavy (non-hydrogen) atoms. The molecule has 8 heteroatoms. The summed E-state index contributed by atoms with van der Waals surface area (Å²) in [5, 5.41) is 2.59. The molecule has 0 radical (unpaired) electrons. The molecule has 0 unspecified atom stereocenters. The van der Waals surface area contributed by atoms with E-state index >= 15 is 0 Å². The molecule has 0 bridgehead atoms. The molecule has 1 aromatic carbocycles. The van der Waals surface area contributed by atoms with Crippen LogP contribution in [0.15, 0.2) is 18.2 Å². The number of hydrogen-bond donors (Lipinski definition) is 2. The summed E-state index contributed by atoms with van der Waals surface area (Å²) in [7, 11) is 0. The van der Waals surface area contributed by atoms with Crippen molar-refractivity contribution in [2.75, 3.05) is 18.0 Å². The van der Waals surface area contributed by atoms with E-state index in [9.17, 15) is 13.6 Å². The zero-order chi connectivity index (χ0) is 18.2. The normalized spacial score (nSPS) is 21.4. The van der Waals surface area contributed by atoms with Gasteiger partial charge in [0.25, 0.3) is 0 Å². The number of aromatic nitrogens is 2. The average Bonchev–Trinajstić information content (AvgIpc) is 2.90. The molecule has 2 N–H and O–H groups in total. The maximum Gasteiger partial charge on any atom is 0.408 e. The SMILES string of the molecule is CC(C)(C)OC(=O)N[C@@H]1CN(c2nc3ccc(F)cc3[nH]2)CC[C@H]1F. The topological polar surface area (TPSA) is 70.2 Å². The lowest BCUT2D eigenvalue weighted by Gasteiger charge is -2.35. The van der Waals surface area contributed by atoms with Crippen LogP contribution in [0.2, 0.25) is 0 Å².